The first-order chi connectivity index (χ1) is 29.0. The van der Waals surface area contributed by atoms with Crippen molar-refractivity contribution in [2.24, 2.45) is 5.73 Å². The molecule has 0 aliphatic carbocycles. The van der Waals surface area contributed by atoms with Gasteiger partial charge in [0, 0.05) is 42.2 Å². The molecule has 1 aromatic heterocycles. The van der Waals surface area contributed by atoms with Crippen LogP contribution in [0.5, 0.6) is 5.75 Å². The topological polar surface area (TPSA) is 272 Å². The lowest BCUT2D eigenvalue weighted by molar-refractivity contribution is -0.141. The van der Waals surface area contributed by atoms with Crippen LogP contribution in [0.25, 0.3) is 10.9 Å². The van der Waals surface area contributed by atoms with Crippen LogP contribution < -0.4 is 42.4 Å². The minimum absolute atomic E-state index is 0.00293. The summed E-state index contributed by atoms with van der Waals surface area (Å²) in [6.45, 7) is 5.16. The molecule has 1 heterocycles. The van der Waals surface area contributed by atoms with E-state index in [4.69, 9.17) is 15.2 Å². The van der Waals surface area contributed by atoms with Gasteiger partial charge in [-0.2, -0.15) is 0 Å². The zero-order chi connectivity index (χ0) is 44.5. The molecule has 7 amide bonds. The van der Waals surface area contributed by atoms with Crippen molar-refractivity contribution in [2.45, 2.75) is 89.1 Å². The molecule has 3 aromatic carbocycles. The number of carbonyl (C=O) groups excluding carboxylic acids is 6. The summed E-state index contributed by atoms with van der Waals surface area (Å²) >= 11 is 0. The molecule has 10 N–H and O–H groups in total. The fraction of sp³-hybridized carbons (Fsp3) is 0.372. The van der Waals surface area contributed by atoms with Gasteiger partial charge in [-0.1, -0.05) is 48.5 Å². The number of primary amides is 1. The maximum Gasteiger partial charge on any atom is 0.408 e. The van der Waals surface area contributed by atoms with E-state index in [1.54, 1.807) is 81.6 Å². The molecule has 0 fully saturated rings. The number of nitrogens with two attached hydrogens (primary N) is 1. The van der Waals surface area contributed by atoms with Crippen molar-refractivity contribution in [3.8, 4) is 5.75 Å². The van der Waals surface area contributed by atoms with Crippen molar-refractivity contribution >= 4 is 58.3 Å². The quantitative estimate of drug-likeness (QED) is 0.0553. The summed E-state index contributed by atoms with van der Waals surface area (Å²) in [5.74, 6) is -4.37. The number of anilines is 1. The van der Waals surface area contributed by atoms with Crippen molar-refractivity contribution < 1.29 is 48.1 Å². The van der Waals surface area contributed by atoms with Crippen molar-refractivity contribution in [3.63, 3.8) is 0 Å². The predicted molar refractivity (Wildman–Crippen MR) is 226 cm³/mol. The minimum Gasteiger partial charge on any atom is -0.497 e. The third-order valence-corrected chi connectivity index (χ3v) is 9.25. The first-order valence-corrected chi connectivity index (χ1v) is 19.7. The Morgan fingerprint density at radius 1 is 0.738 bits per heavy atom. The number of aromatic nitrogens is 1. The maximum atomic E-state index is 14.1. The number of carboxylic acids is 1. The Bertz CT molecular complexity index is 2140. The molecule has 0 saturated heterocycles. The molecule has 0 radical (unpaired) electrons. The van der Waals surface area contributed by atoms with E-state index in [2.05, 4.69) is 36.9 Å². The highest BCUT2D eigenvalue weighted by molar-refractivity contribution is 5.97. The van der Waals surface area contributed by atoms with E-state index < -0.39 is 77.9 Å². The second-order valence-corrected chi connectivity index (χ2v) is 15.2. The molecule has 0 unspecified atom stereocenters. The lowest BCUT2D eigenvalue weighted by atomic mass is 10.0. The lowest BCUT2D eigenvalue weighted by Gasteiger charge is -2.27. The van der Waals surface area contributed by atoms with Gasteiger partial charge in [-0.3, -0.25) is 24.0 Å². The highest BCUT2D eigenvalue weighted by atomic mass is 16.6. The van der Waals surface area contributed by atoms with Gasteiger partial charge in [-0.25, -0.2) is 9.59 Å². The molecule has 18 heteroatoms. The number of benzene rings is 3. The molecule has 18 nitrogen and oxygen atoms in total. The number of alkyl carbamates (subject to hydrolysis) is 1. The van der Waals surface area contributed by atoms with Crippen LogP contribution in [0.3, 0.4) is 0 Å². The fourth-order valence-corrected chi connectivity index (χ4v) is 6.25. The standard InChI is InChI=1S/C43H54N8O10/c1-43(2,3)61-42(59)51-34(23-27-25-46-31-15-9-8-14-30(27)31)39(56)48-32(16-10-11-21-45-41(58)47-28-17-19-29(60-4)20-18-28)38(55)50-35(24-36(52)53)40(57)49-33(37(44)54)22-26-12-6-5-7-13-26/h5-9,12-15,17-20,25,32-35,46H,10-11,16,21-24H2,1-4H3,(H2,44,54)(H,48,56)(H,49,57)(H,50,55)(H,51,59)(H,52,53)(H2,45,47,58)/t32-,33-,34-,35-/m0/s1. The highest BCUT2D eigenvalue weighted by Crippen LogP contribution is 2.20. The normalized spacial score (nSPS) is 13.0. The van der Waals surface area contributed by atoms with Crippen molar-refractivity contribution in [3.05, 3.63) is 96.2 Å². The second kappa shape index (κ2) is 22.3. The maximum absolute atomic E-state index is 14.1. The zero-order valence-electron chi connectivity index (χ0n) is 34.5. The average molecular weight is 843 g/mol. The molecule has 4 aromatic rings. The average Bonchev–Trinajstić information content (AvgIpc) is 3.61. The van der Waals surface area contributed by atoms with Gasteiger partial charge in [0.05, 0.1) is 13.5 Å². The van der Waals surface area contributed by atoms with Gasteiger partial charge >= 0.3 is 18.1 Å². The number of amides is 7. The number of fused-ring (bicyclic) bond motifs is 1. The largest absolute Gasteiger partial charge is 0.497 e. The van der Waals surface area contributed by atoms with Crippen molar-refractivity contribution in [1.82, 2.24) is 31.6 Å². The molecule has 0 saturated carbocycles. The third kappa shape index (κ3) is 15.5. The Labute approximate surface area is 353 Å². The van der Waals surface area contributed by atoms with Crippen LogP contribution in [0.15, 0.2) is 85.1 Å². The van der Waals surface area contributed by atoms with Crippen LogP contribution in [0.4, 0.5) is 15.3 Å². The number of para-hydroxylation sites is 1. The van der Waals surface area contributed by atoms with Crippen LogP contribution >= 0.6 is 0 Å². The number of rotatable bonds is 21. The Kier molecular flexibility index (Phi) is 17.0. The van der Waals surface area contributed by atoms with Crippen LogP contribution in [-0.4, -0.2) is 95.2 Å². The van der Waals surface area contributed by atoms with Gasteiger partial charge in [0.2, 0.25) is 23.6 Å². The van der Waals surface area contributed by atoms with E-state index in [-0.39, 0.29) is 32.2 Å². The molecular formula is C43H54N8O10. The van der Waals surface area contributed by atoms with E-state index in [9.17, 15) is 38.7 Å². The number of aliphatic carboxylic acids is 1. The lowest BCUT2D eigenvalue weighted by Crippen LogP contribution is -2.59. The van der Waals surface area contributed by atoms with E-state index >= 15 is 0 Å². The molecule has 4 atom stereocenters. The molecular weight excluding hydrogens is 789 g/mol. The number of carboxylic acid groups (broad SMARTS) is 1. The summed E-state index contributed by atoms with van der Waals surface area (Å²) in [6, 6.07) is 16.7. The predicted octanol–water partition coefficient (Wildman–Crippen LogP) is 3.26. The summed E-state index contributed by atoms with van der Waals surface area (Å²) < 4.78 is 10.6. The van der Waals surface area contributed by atoms with Crippen molar-refractivity contribution in [2.75, 3.05) is 19.0 Å². The van der Waals surface area contributed by atoms with Crippen molar-refractivity contribution in [1.29, 1.82) is 0 Å². The SMILES string of the molecule is COc1ccc(NC(=O)NCCCC[C@H](NC(=O)[C@H](Cc2c[nH]c3ccccc23)NC(=O)OC(C)(C)C)C(=O)N[C@@H](CC(=O)O)C(=O)N[C@@H](Cc2ccccc2)C(N)=O)cc1. The van der Waals surface area contributed by atoms with Gasteiger partial charge in [0.15, 0.2) is 0 Å². The summed E-state index contributed by atoms with van der Waals surface area (Å²) in [4.78, 5) is 94.7. The summed E-state index contributed by atoms with van der Waals surface area (Å²) in [7, 11) is 1.53. The number of urea groups is 1. The number of carbonyl (C=O) groups is 7. The van der Waals surface area contributed by atoms with Crippen LogP contribution in [0.2, 0.25) is 0 Å². The second-order valence-electron chi connectivity index (χ2n) is 15.2. The number of aromatic amines is 1. The first-order valence-electron chi connectivity index (χ1n) is 19.7. The number of H-pyrrole nitrogens is 1. The number of unbranched alkanes of at least 4 members (excludes halogenated alkanes) is 1. The van der Waals surface area contributed by atoms with Crippen LogP contribution in [-0.2, 0) is 41.6 Å². The summed E-state index contributed by atoms with van der Waals surface area (Å²) in [5.41, 5.74) is 7.36. The monoisotopic (exact) mass is 842 g/mol. The van der Waals surface area contributed by atoms with E-state index in [0.717, 1.165) is 10.9 Å². The first kappa shape index (κ1) is 46.6. The van der Waals surface area contributed by atoms with Gasteiger partial charge in [-0.05, 0) is 81.5 Å². The Balaban J connectivity index is 1.53. The van der Waals surface area contributed by atoms with Gasteiger partial charge in [-0.15, -0.1) is 0 Å². The molecule has 0 spiro atoms. The van der Waals surface area contributed by atoms with Gasteiger partial charge < -0.3 is 57.2 Å². The third-order valence-electron chi connectivity index (χ3n) is 9.25. The smallest absolute Gasteiger partial charge is 0.408 e. The fourth-order valence-electron chi connectivity index (χ4n) is 6.25. The summed E-state index contributed by atoms with van der Waals surface area (Å²) in [6.07, 6.45) is 0.491. The van der Waals surface area contributed by atoms with Gasteiger partial charge in [0.1, 0.15) is 35.5 Å². The highest BCUT2D eigenvalue weighted by Gasteiger charge is 2.33. The zero-order valence-corrected chi connectivity index (χ0v) is 34.5. The van der Waals surface area contributed by atoms with E-state index in [1.165, 1.54) is 7.11 Å². The molecule has 0 aliphatic rings. The number of nitrogens with one attached hydrogen (secondary N) is 7. The number of hydrogen-bond donors (Lipinski definition) is 9. The summed E-state index contributed by atoms with van der Waals surface area (Å²) in [5, 5.41) is 26.1. The van der Waals surface area contributed by atoms with Gasteiger partial charge in [0.25, 0.3) is 0 Å². The minimum atomic E-state index is -1.69. The molecule has 61 heavy (non-hydrogen) atoms. The molecule has 4 rings (SSSR count). The molecule has 326 valence electrons. The Morgan fingerprint density at radius 3 is 2.02 bits per heavy atom. The molecule has 0 aliphatic heterocycles. The van der Waals surface area contributed by atoms with E-state index in [0.29, 0.717) is 29.0 Å². The van der Waals surface area contributed by atoms with Crippen LogP contribution in [0.1, 0.15) is 57.6 Å². The molecule has 0 bridgehead atoms. The number of hydrogen-bond acceptors (Lipinski definition) is 9. The Morgan fingerprint density at radius 2 is 1.36 bits per heavy atom. The Hall–Kier alpha value is -7.11. The van der Waals surface area contributed by atoms with E-state index in [1.807, 2.05) is 24.3 Å². The number of ether oxygens (including phenoxy) is 2. The number of methoxy groups -OCH3 is 1. The van der Waals surface area contributed by atoms with Crippen LogP contribution in [0, 0.1) is 0 Å².